The Kier molecular flexibility index (Phi) is 5.85. The average Bonchev–Trinajstić information content (AvgIpc) is 2.74. The first-order valence-electron chi connectivity index (χ1n) is 8.73. The molecule has 29 heavy (non-hydrogen) atoms. The van der Waals surface area contributed by atoms with Gasteiger partial charge in [0, 0.05) is 17.6 Å². The predicted octanol–water partition coefficient (Wildman–Crippen LogP) is 4.73. The molecule has 2 aromatic rings. The molecule has 0 spiro atoms. The van der Waals surface area contributed by atoms with Crippen molar-refractivity contribution in [2.24, 2.45) is 5.41 Å². The molecule has 0 fully saturated rings. The molecular weight excluding hydrogens is 435 g/mol. The minimum Gasteiger partial charge on any atom is -0.490 e. The summed E-state index contributed by atoms with van der Waals surface area (Å²) in [5.74, 6) is 0.290. The summed E-state index contributed by atoms with van der Waals surface area (Å²) < 4.78 is 33.8. The molecular formula is C20H20Cl2N2O4S. The third-order valence-corrected chi connectivity index (χ3v) is 6.51. The normalized spacial score (nSPS) is 15.9. The van der Waals surface area contributed by atoms with Gasteiger partial charge in [-0.05, 0) is 44.2 Å². The zero-order valence-corrected chi connectivity index (χ0v) is 18.2. The Hall–Kier alpha value is -2.22. The van der Waals surface area contributed by atoms with Crippen LogP contribution in [0.1, 0.15) is 13.8 Å². The first-order valence-corrected chi connectivity index (χ1v) is 11.0. The molecule has 1 aliphatic rings. The Labute approximate surface area is 180 Å². The summed E-state index contributed by atoms with van der Waals surface area (Å²) in [5.41, 5.74) is 0.0745. The van der Waals surface area contributed by atoms with Gasteiger partial charge in [0.25, 0.3) is 10.0 Å². The number of nitrogens with one attached hydrogen (secondary N) is 1. The Morgan fingerprint density at radius 1 is 1.24 bits per heavy atom. The van der Waals surface area contributed by atoms with Crippen molar-refractivity contribution in [3.05, 3.63) is 59.1 Å². The maximum absolute atomic E-state index is 12.8. The van der Waals surface area contributed by atoms with Crippen LogP contribution in [-0.2, 0) is 14.8 Å². The number of amides is 1. The van der Waals surface area contributed by atoms with Crippen molar-refractivity contribution in [2.75, 3.05) is 22.8 Å². The lowest BCUT2D eigenvalue weighted by Gasteiger charge is -2.27. The first-order chi connectivity index (χ1) is 13.5. The lowest BCUT2D eigenvalue weighted by Crippen LogP contribution is -2.42. The van der Waals surface area contributed by atoms with Gasteiger partial charge in [-0.1, -0.05) is 29.3 Å². The molecule has 1 heterocycles. The SMILES string of the molecule is C=CCN1C(=O)C(C)(C)COc2cc(NS(=O)(=O)c3cc(Cl)ccc3Cl)ccc21. The van der Waals surface area contributed by atoms with Crippen molar-refractivity contribution in [2.45, 2.75) is 18.7 Å². The van der Waals surface area contributed by atoms with E-state index in [4.69, 9.17) is 27.9 Å². The molecule has 0 atom stereocenters. The fourth-order valence-corrected chi connectivity index (χ4v) is 4.73. The van der Waals surface area contributed by atoms with Crippen molar-refractivity contribution in [1.82, 2.24) is 0 Å². The monoisotopic (exact) mass is 454 g/mol. The highest BCUT2D eigenvalue weighted by atomic mass is 35.5. The number of ether oxygens (including phenoxy) is 1. The Bertz CT molecular complexity index is 1080. The summed E-state index contributed by atoms with van der Waals surface area (Å²) in [4.78, 5) is 14.3. The van der Waals surface area contributed by atoms with E-state index in [-0.39, 0.29) is 33.1 Å². The topological polar surface area (TPSA) is 75.7 Å². The van der Waals surface area contributed by atoms with Gasteiger partial charge in [0.2, 0.25) is 5.91 Å². The summed E-state index contributed by atoms with van der Waals surface area (Å²) in [6.07, 6.45) is 1.63. The van der Waals surface area contributed by atoms with Gasteiger partial charge in [-0.15, -0.1) is 6.58 Å². The van der Waals surface area contributed by atoms with Gasteiger partial charge in [0.05, 0.1) is 21.8 Å². The zero-order valence-electron chi connectivity index (χ0n) is 15.9. The first kappa shape index (κ1) is 21.5. The fourth-order valence-electron chi connectivity index (χ4n) is 2.91. The highest BCUT2D eigenvalue weighted by molar-refractivity contribution is 7.92. The lowest BCUT2D eigenvalue weighted by molar-refractivity contribution is -0.127. The number of anilines is 2. The van der Waals surface area contributed by atoms with Gasteiger partial charge in [0.15, 0.2) is 0 Å². The summed E-state index contributed by atoms with van der Waals surface area (Å²) in [7, 11) is -3.98. The second-order valence-electron chi connectivity index (χ2n) is 7.24. The molecule has 0 saturated heterocycles. The molecule has 0 bridgehead atoms. The van der Waals surface area contributed by atoms with E-state index in [1.165, 1.54) is 24.3 Å². The zero-order chi connectivity index (χ0) is 21.4. The van der Waals surface area contributed by atoms with Crippen LogP contribution in [0, 0.1) is 5.41 Å². The molecule has 1 N–H and O–H groups in total. The van der Waals surface area contributed by atoms with Gasteiger partial charge in [-0.2, -0.15) is 0 Å². The van der Waals surface area contributed by atoms with Crippen LogP contribution in [0.4, 0.5) is 11.4 Å². The molecule has 0 saturated carbocycles. The number of carbonyl (C=O) groups is 1. The highest BCUT2D eigenvalue weighted by Gasteiger charge is 2.37. The second kappa shape index (κ2) is 7.89. The maximum atomic E-state index is 12.8. The van der Waals surface area contributed by atoms with Gasteiger partial charge < -0.3 is 9.64 Å². The van der Waals surface area contributed by atoms with E-state index in [9.17, 15) is 13.2 Å². The summed E-state index contributed by atoms with van der Waals surface area (Å²) in [6, 6.07) is 8.93. The number of hydrogen-bond acceptors (Lipinski definition) is 4. The van der Waals surface area contributed by atoms with Gasteiger partial charge in [-0.3, -0.25) is 9.52 Å². The van der Waals surface area contributed by atoms with Gasteiger partial charge in [-0.25, -0.2) is 8.42 Å². The van der Waals surface area contributed by atoms with E-state index < -0.39 is 15.4 Å². The standard InChI is InChI=1S/C20H20Cl2N2O4S/c1-4-9-24-16-8-6-14(11-17(16)28-12-20(2,3)19(24)25)23-29(26,27)18-10-13(21)5-7-15(18)22/h4-8,10-11,23H,1,9,12H2,2-3H3. The molecule has 1 amide bonds. The predicted molar refractivity (Wildman–Crippen MR) is 116 cm³/mol. The van der Waals surface area contributed by atoms with Crippen LogP contribution in [0.15, 0.2) is 53.9 Å². The molecule has 9 heteroatoms. The van der Waals surface area contributed by atoms with E-state index in [1.807, 2.05) is 0 Å². The van der Waals surface area contributed by atoms with Crippen molar-refractivity contribution < 1.29 is 17.9 Å². The number of sulfonamides is 1. The number of hydrogen-bond donors (Lipinski definition) is 1. The van der Waals surface area contributed by atoms with E-state index >= 15 is 0 Å². The number of rotatable bonds is 5. The third-order valence-electron chi connectivity index (χ3n) is 4.41. The maximum Gasteiger partial charge on any atom is 0.263 e. The molecule has 6 nitrogen and oxygen atoms in total. The summed E-state index contributed by atoms with van der Waals surface area (Å²) >= 11 is 11.9. The Morgan fingerprint density at radius 3 is 2.66 bits per heavy atom. The van der Waals surface area contributed by atoms with Crippen LogP contribution in [-0.4, -0.2) is 27.5 Å². The summed E-state index contributed by atoms with van der Waals surface area (Å²) in [5, 5.41) is 0.304. The van der Waals surface area contributed by atoms with Crippen molar-refractivity contribution in [3.8, 4) is 5.75 Å². The molecule has 154 valence electrons. The van der Waals surface area contributed by atoms with Crippen molar-refractivity contribution >= 4 is 50.5 Å². The van der Waals surface area contributed by atoms with E-state index in [0.717, 1.165) is 0 Å². The largest absolute Gasteiger partial charge is 0.490 e. The average molecular weight is 455 g/mol. The molecule has 3 rings (SSSR count). The third kappa shape index (κ3) is 4.37. The highest BCUT2D eigenvalue weighted by Crippen LogP contribution is 2.38. The van der Waals surface area contributed by atoms with Crippen LogP contribution < -0.4 is 14.4 Å². The van der Waals surface area contributed by atoms with Gasteiger partial charge >= 0.3 is 0 Å². The number of carbonyl (C=O) groups excluding carboxylic acids is 1. The molecule has 2 aromatic carbocycles. The Morgan fingerprint density at radius 2 is 1.97 bits per heavy atom. The van der Waals surface area contributed by atoms with Crippen molar-refractivity contribution in [1.29, 1.82) is 0 Å². The van der Waals surface area contributed by atoms with Crippen LogP contribution in [0.5, 0.6) is 5.75 Å². The number of nitrogens with zero attached hydrogens (tertiary/aromatic N) is 1. The number of fused-ring (bicyclic) bond motifs is 1. The minimum atomic E-state index is -3.98. The molecule has 0 unspecified atom stereocenters. The van der Waals surface area contributed by atoms with E-state index in [0.29, 0.717) is 18.0 Å². The van der Waals surface area contributed by atoms with Crippen LogP contribution in [0.25, 0.3) is 0 Å². The molecule has 0 radical (unpaired) electrons. The van der Waals surface area contributed by atoms with Crippen LogP contribution in [0.2, 0.25) is 10.0 Å². The lowest BCUT2D eigenvalue weighted by atomic mass is 9.93. The minimum absolute atomic E-state index is 0.0532. The fraction of sp³-hybridized carbons (Fsp3) is 0.250. The van der Waals surface area contributed by atoms with Crippen molar-refractivity contribution in [3.63, 3.8) is 0 Å². The van der Waals surface area contributed by atoms with Crippen LogP contribution in [0.3, 0.4) is 0 Å². The smallest absolute Gasteiger partial charge is 0.263 e. The number of halogens is 2. The molecule has 1 aliphatic heterocycles. The van der Waals surface area contributed by atoms with E-state index in [1.54, 1.807) is 37.0 Å². The van der Waals surface area contributed by atoms with Crippen LogP contribution >= 0.6 is 23.2 Å². The van der Waals surface area contributed by atoms with E-state index in [2.05, 4.69) is 11.3 Å². The number of benzene rings is 2. The second-order valence-corrected chi connectivity index (χ2v) is 9.73. The molecule has 0 aromatic heterocycles. The molecule has 0 aliphatic carbocycles. The Balaban J connectivity index is 1.99. The van der Waals surface area contributed by atoms with Gasteiger partial charge in [0.1, 0.15) is 17.3 Å². The quantitative estimate of drug-likeness (QED) is 0.662. The summed E-state index contributed by atoms with van der Waals surface area (Å²) in [6.45, 7) is 7.76.